The first-order valence-electron chi connectivity index (χ1n) is 11.0. The molecular weight excluding hydrogens is 533 g/mol. The Bertz CT molecular complexity index is 1270. The standard InChI is InChI=1S/C20H28N6O5S.C2HF3O/c1-3-4-15-6-8-16(9-7-15)32(29,30)25-17-10-5-14(2)26(19(17)28)13-18(27)23-11-12-31-24-20(21)22;3-2(4,5)1-6/h5-10,25H,3-4,11-13H2,1-2H3,(H,23,27)(H4,21,22,24);1H. The zero-order valence-corrected chi connectivity index (χ0v) is 21.4. The number of rotatable bonds is 11. The third kappa shape index (κ3) is 11.3. The predicted octanol–water partition coefficient (Wildman–Crippen LogP) is 0.979. The van der Waals surface area contributed by atoms with Crippen LogP contribution in [0.2, 0.25) is 0 Å². The highest BCUT2D eigenvalue weighted by Gasteiger charge is 2.25. The van der Waals surface area contributed by atoms with Crippen LogP contribution >= 0.6 is 0 Å². The number of guanidine groups is 1. The molecule has 0 spiro atoms. The lowest BCUT2D eigenvalue weighted by Gasteiger charge is -2.13. The average molecular weight is 563 g/mol. The van der Waals surface area contributed by atoms with E-state index in [0.717, 1.165) is 18.4 Å². The van der Waals surface area contributed by atoms with Gasteiger partial charge in [-0.1, -0.05) is 25.5 Å². The number of amides is 1. The molecule has 0 aliphatic heterocycles. The van der Waals surface area contributed by atoms with Crippen molar-refractivity contribution < 1.29 is 36.0 Å². The lowest BCUT2D eigenvalue weighted by molar-refractivity contribution is -0.156. The molecule has 0 unspecified atom stereocenters. The molecule has 0 aliphatic carbocycles. The van der Waals surface area contributed by atoms with Crippen LogP contribution in [0.1, 0.15) is 24.6 Å². The van der Waals surface area contributed by atoms with E-state index in [4.69, 9.17) is 21.1 Å². The van der Waals surface area contributed by atoms with Crippen molar-refractivity contribution in [2.24, 2.45) is 16.6 Å². The third-order valence-electron chi connectivity index (χ3n) is 4.53. The Morgan fingerprint density at radius 3 is 2.29 bits per heavy atom. The number of oxime groups is 1. The van der Waals surface area contributed by atoms with Gasteiger partial charge in [0.2, 0.25) is 18.2 Å². The van der Waals surface area contributed by atoms with Gasteiger partial charge >= 0.3 is 6.18 Å². The molecule has 1 heterocycles. The fraction of sp³-hybridized carbons (Fsp3) is 0.364. The number of nitrogens with zero attached hydrogens (tertiary/aromatic N) is 2. The number of hydrogen-bond acceptors (Lipinski definition) is 7. The fourth-order valence-corrected chi connectivity index (χ4v) is 3.89. The average Bonchev–Trinajstić information content (AvgIpc) is 2.83. The van der Waals surface area contributed by atoms with Crippen LogP contribution in [-0.2, 0) is 37.4 Å². The van der Waals surface area contributed by atoms with Crippen molar-refractivity contribution in [2.45, 2.75) is 44.3 Å². The van der Waals surface area contributed by atoms with Gasteiger partial charge in [0, 0.05) is 5.69 Å². The molecule has 12 nitrogen and oxygen atoms in total. The van der Waals surface area contributed by atoms with Gasteiger partial charge in [0.25, 0.3) is 15.6 Å². The van der Waals surface area contributed by atoms with Crippen molar-refractivity contribution in [3.8, 4) is 0 Å². The normalized spacial score (nSPS) is 11.0. The minimum atomic E-state index is -4.64. The zero-order chi connectivity index (χ0) is 28.9. The SMILES string of the molecule is CCCc1ccc(S(=O)(=O)Nc2ccc(C)n(CC(=O)NCCON=C(N)N)c2=O)cc1.O=CC(F)(F)F. The summed E-state index contributed by atoms with van der Waals surface area (Å²) in [6.07, 6.45) is -3.91. The summed E-state index contributed by atoms with van der Waals surface area (Å²) in [5.41, 5.74) is 11.0. The summed E-state index contributed by atoms with van der Waals surface area (Å²) in [6, 6.07) is 9.41. The summed E-state index contributed by atoms with van der Waals surface area (Å²) in [7, 11) is -3.97. The van der Waals surface area contributed by atoms with Crippen molar-refractivity contribution in [3.63, 3.8) is 0 Å². The Morgan fingerprint density at radius 1 is 1.16 bits per heavy atom. The zero-order valence-electron chi connectivity index (χ0n) is 20.6. The molecule has 2 aromatic rings. The number of aryl methyl sites for hydroxylation is 2. The second kappa shape index (κ2) is 14.6. The van der Waals surface area contributed by atoms with Gasteiger partial charge in [-0.2, -0.15) is 13.2 Å². The number of carbonyl (C=O) groups excluding carboxylic acids is 2. The first-order valence-corrected chi connectivity index (χ1v) is 12.5. The number of aromatic nitrogens is 1. The summed E-state index contributed by atoms with van der Waals surface area (Å²) in [4.78, 5) is 38.5. The molecule has 1 aromatic carbocycles. The van der Waals surface area contributed by atoms with Gasteiger partial charge in [-0.3, -0.25) is 19.1 Å². The van der Waals surface area contributed by atoms with Crippen LogP contribution in [0.4, 0.5) is 18.9 Å². The minimum Gasteiger partial charge on any atom is -0.391 e. The van der Waals surface area contributed by atoms with E-state index >= 15 is 0 Å². The minimum absolute atomic E-state index is 0.0361. The summed E-state index contributed by atoms with van der Waals surface area (Å²) >= 11 is 0. The number of alkyl halides is 3. The van der Waals surface area contributed by atoms with E-state index in [2.05, 4.69) is 15.2 Å². The molecule has 0 saturated carbocycles. The summed E-state index contributed by atoms with van der Waals surface area (Å²) in [5, 5.41) is 5.87. The molecule has 1 amide bonds. The summed E-state index contributed by atoms with van der Waals surface area (Å²) in [6.45, 7) is 3.53. The summed E-state index contributed by atoms with van der Waals surface area (Å²) in [5.74, 6) is -0.704. The second-order valence-electron chi connectivity index (χ2n) is 7.64. The van der Waals surface area contributed by atoms with Gasteiger partial charge < -0.3 is 26.2 Å². The van der Waals surface area contributed by atoms with Gasteiger partial charge in [-0.05, 0) is 48.3 Å². The lowest BCUT2D eigenvalue weighted by Crippen LogP contribution is -2.36. The van der Waals surface area contributed by atoms with Crippen molar-refractivity contribution in [1.29, 1.82) is 0 Å². The molecular formula is C22H29F3N6O6S. The third-order valence-corrected chi connectivity index (χ3v) is 5.91. The molecule has 16 heteroatoms. The number of anilines is 1. The quantitative estimate of drug-likeness (QED) is 0.102. The molecule has 0 bridgehead atoms. The highest BCUT2D eigenvalue weighted by molar-refractivity contribution is 7.92. The van der Waals surface area contributed by atoms with Crippen LogP contribution in [0, 0.1) is 6.92 Å². The molecule has 0 radical (unpaired) electrons. The Labute approximate surface area is 216 Å². The maximum atomic E-state index is 12.8. The Morgan fingerprint density at radius 2 is 1.76 bits per heavy atom. The first-order chi connectivity index (χ1) is 17.7. The molecule has 0 saturated heterocycles. The number of halogens is 3. The molecule has 2 rings (SSSR count). The Kier molecular flexibility index (Phi) is 12.3. The number of carbonyl (C=O) groups is 2. The number of nitrogens with one attached hydrogen (secondary N) is 2. The van der Waals surface area contributed by atoms with Gasteiger partial charge in [0.05, 0.1) is 11.4 Å². The van der Waals surface area contributed by atoms with Gasteiger partial charge in [0.1, 0.15) is 18.8 Å². The van der Waals surface area contributed by atoms with E-state index in [-0.39, 0.29) is 36.2 Å². The highest BCUT2D eigenvalue weighted by atomic mass is 32.2. The largest absolute Gasteiger partial charge is 0.446 e. The van der Waals surface area contributed by atoms with Crippen LogP contribution in [0.15, 0.2) is 51.2 Å². The van der Waals surface area contributed by atoms with E-state index in [1.165, 1.54) is 22.8 Å². The molecule has 1 aromatic heterocycles. The number of hydrogen-bond donors (Lipinski definition) is 4. The second-order valence-corrected chi connectivity index (χ2v) is 9.32. The van der Waals surface area contributed by atoms with Crippen LogP contribution in [0.3, 0.4) is 0 Å². The number of nitrogens with two attached hydrogens (primary N) is 2. The lowest BCUT2D eigenvalue weighted by atomic mass is 10.1. The van der Waals surface area contributed by atoms with Gasteiger partial charge in [-0.25, -0.2) is 8.42 Å². The summed E-state index contributed by atoms with van der Waals surface area (Å²) < 4.78 is 60.2. The van der Waals surface area contributed by atoms with E-state index in [0.29, 0.717) is 5.69 Å². The number of sulfonamides is 1. The first kappa shape index (κ1) is 31.9. The van der Waals surface area contributed by atoms with Crippen molar-refractivity contribution in [2.75, 3.05) is 17.9 Å². The van der Waals surface area contributed by atoms with Gasteiger partial charge in [-0.15, -0.1) is 0 Å². The van der Waals surface area contributed by atoms with Gasteiger partial charge in [0.15, 0.2) is 0 Å². The maximum absolute atomic E-state index is 12.8. The van der Waals surface area contributed by atoms with Crippen LogP contribution in [-0.4, -0.2) is 50.5 Å². The monoisotopic (exact) mass is 562 g/mol. The molecule has 0 fully saturated rings. The smallest absolute Gasteiger partial charge is 0.391 e. The van der Waals surface area contributed by atoms with Crippen molar-refractivity contribution >= 4 is 33.9 Å². The highest BCUT2D eigenvalue weighted by Crippen LogP contribution is 2.16. The maximum Gasteiger partial charge on any atom is 0.446 e. The van der Waals surface area contributed by atoms with E-state index < -0.39 is 34.0 Å². The van der Waals surface area contributed by atoms with Crippen molar-refractivity contribution in [3.05, 3.63) is 58.0 Å². The van der Waals surface area contributed by atoms with Crippen LogP contribution in [0.5, 0.6) is 0 Å². The predicted molar refractivity (Wildman–Crippen MR) is 134 cm³/mol. The van der Waals surface area contributed by atoms with E-state index in [1.54, 1.807) is 25.1 Å². The Balaban J connectivity index is 0.00000107. The molecule has 210 valence electrons. The number of benzene rings is 1. The topological polar surface area (TPSA) is 188 Å². The van der Waals surface area contributed by atoms with E-state index in [9.17, 15) is 31.2 Å². The molecule has 0 atom stereocenters. The van der Waals surface area contributed by atoms with Crippen molar-refractivity contribution in [1.82, 2.24) is 9.88 Å². The molecule has 6 N–H and O–H groups in total. The molecule has 38 heavy (non-hydrogen) atoms. The number of pyridine rings is 1. The van der Waals surface area contributed by atoms with Crippen LogP contribution in [0.25, 0.3) is 0 Å². The van der Waals surface area contributed by atoms with E-state index in [1.807, 2.05) is 6.92 Å². The molecule has 0 aliphatic rings. The Hall–Kier alpha value is -4.08. The van der Waals surface area contributed by atoms with Crippen LogP contribution < -0.4 is 27.1 Å². The fourth-order valence-electron chi connectivity index (χ4n) is 2.83. The number of aldehydes is 1.